The number of aryl methyl sites for hydroxylation is 1. The Hall–Kier alpha value is -3.84. The van der Waals surface area contributed by atoms with Crippen LogP contribution in [0, 0.1) is 6.92 Å². The van der Waals surface area contributed by atoms with E-state index in [1.54, 1.807) is 36.4 Å². The van der Waals surface area contributed by atoms with E-state index in [0.717, 1.165) is 11.1 Å². The van der Waals surface area contributed by atoms with Gasteiger partial charge in [-0.2, -0.15) is 5.10 Å². The van der Waals surface area contributed by atoms with E-state index in [1.807, 2.05) is 37.3 Å². The molecule has 7 nitrogen and oxygen atoms in total. The molecular formula is C24H22ClN3O4. The Morgan fingerprint density at radius 2 is 1.75 bits per heavy atom. The molecule has 0 fully saturated rings. The van der Waals surface area contributed by atoms with Gasteiger partial charge in [-0.15, -0.1) is 0 Å². The first kappa shape index (κ1) is 22.8. The lowest BCUT2D eigenvalue weighted by molar-refractivity contribution is -0.136. The number of carbonyl (C=O) groups is 2. The van der Waals surface area contributed by atoms with E-state index >= 15 is 0 Å². The van der Waals surface area contributed by atoms with Gasteiger partial charge >= 0.3 is 11.8 Å². The lowest BCUT2D eigenvalue weighted by atomic mass is 10.2. The third-order valence-electron chi connectivity index (χ3n) is 4.44. The minimum Gasteiger partial charge on any atom is -0.493 e. The predicted molar refractivity (Wildman–Crippen MR) is 124 cm³/mol. The minimum absolute atomic E-state index is 0.214. The average molecular weight is 452 g/mol. The summed E-state index contributed by atoms with van der Waals surface area (Å²) in [5.41, 5.74) is 5.13. The fourth-order valence-electron chi connectivity index (χ4n) is 2.75. The van der Waals surface area contributed by atoms with Gasteiger partial charge in [0, 0.05) is 21.8 Å². The van der Waals surface area contributed by atoms with E-state index in [2.05, 4.69) is 15.8 Å². The second-order valence-electron chi connectivity index (χ2n) is 6.78. The van der Waals surface area contributed by atoms with E-state index in [-0.39, 0.29) is 6.61 Å². The molecule has 0 aliphatic heterocycles. The molecule has 2 N–H and O–H groups in total. The molecule has 2 amide bonds. The zero-order valence-electron chi connectivity index (χ0n) is 17.6. The summed E-state index contributed by atoms with van der Waals surface area (Å²) in [7, 11) is 1.52. The van der Waals surface area contributed by atoms with Crippen molar-refractivity contribution in [1.29, 1.82) is 0 Å². The number of nitrogens with zero attached hydrogens (tertiary/aromatic N) is 1. The van der Waals surface area contributed by atoms with E-state index in [1.165, 1.54) is 13.3 Å². The Balaban J connectivity index is 1.66. The summed E-state index contributed by atoms with van der Waals surface area (Å²) >= 11 is 6.19. The number of carbonyl (C=O) groups excluding carboxylic acids is 2. The summed E-state index contributed by atoms with van der Waals surface area (Å²) in [6.45, 7) is 2.14. The normalized spacial score (nSPS) is 10.6. The van der Waals surface area contributed by atoms with E-state index in [9.17, 15) is 9.59 Å². The smallest absolute Gasteiger partial charge is 0.329 e. The number of amides is 2. The lowest BCUT2D eigenvalue weighted by Gasteiger charge is -2.13. The van der Waals surface area contributed by atoms with Gasteiger partial charge in [0.05, 0.1) is 13.3 Å². The number of nitrogens with one attached hydrogen (secondary N) is 2. The molecule has 0 saturated carbocycles. The van der Waals surface area contributed by atoms with Crippen molar-refractivity contribution in [2.75, 3.05) is 12.4 Å². The molecule has 8 heteroatoms. The van der Waals surface area contributed by atoms with Crippen LogP contribution in [0.15, 0.2) is 71.8 Å². The maximum Gasteiger partial charge on any atom is 0.329 e. The standard InChI is InChI=1S/C24H22ClN3O4/c1-16-10-12-19(13-11-16)27-23(29)24(30)28-26-14-17-7-5-9-21(31-2)22(17)32-15-18-6-3-4-8-20(18)25/h3-14H,15H2,1-2H3,(H,27,29)(H,28,30)/b26-14-. The van der Waals surface area contributed by atoms with Crippen molar-refractivity contribution in [1.82, 2.24) is 5.43 Å². The van der Waals surface area contributed by atoms with Crippen LogP contribution in [0.4, 0.5) is 5.69 Å². The van der Waals surface area contributed by atoms with Gasteiger partial charge in [0.15, 0.2) is 11.5 Å². The van der Waals surface area contributed by atoms with Gasteiger partial charge in [0.2, 0.25) is 0 Å². The van der Waals surface area contributed by atoms with Gasteiger partial charge in [0.1, 0.15) is 6.61 Å². The molecule has 0 radical (unpaired) electrons. The first-order valence-electron chi connectivity index (χ1n) is 9.72. The van der Waals surface area contributed by atoms with Crippen LogP contribution in [0.1, 0.15) is 16.7 Å². The molecule has 0 aromatic heterocycles. The highest BCUT2D eigenvalue weighted by molar-refractivity contribution is 6.39. The SMILES string of the molecule is COc1cccc(/C=N\NC(=O)C(=O)Nc2ccc(C)cc2)c1OCc1ccccc1Cl. The fourth-order valence-corrected chi connectivity index (χ4v) is 2.94. The molecule has 0 atom stereocenters. The van der Waals surface area contributed by atoms with Crippen LogP contribution in [0.25, 0.3) is 0 Å². The third kappa shape index (κ3) is 6.09. The largest absolute Gasteiger partial charge is 0.493 e. The summed E-state index contributed by atoms with van der Waals surface area (Å²) in [5, 5.41) is 6.98. The number of rotatable bonds is 7. The van der Waals surface area contributed by atoms with Gasteiger partial charge < -0.3 is 14.8 Å². The second kappa shape index (κ2) is 11.0. The quantitative estimate of drug-likeness (QED) is 0.318. The van der Waals surface area contributed by atoms with Crippen LogP contribution >= 0.6 is 11.6 Å². The first-order chi connectivity index (χ1) is 15.5. The number of halogens is 1. The summed E-state index contributed by atoms with van der Waals surface area (Å²) < 4.78 is 11.3. The molecular weight excluding hydrogens is 430 g/mol. The van der Waals surface area contributed by atoms with Crippen LogP contribution in [-0.4, -0.2) is 25.1 Å². The molecule has 0 saturated heterocycles. The number of benzene rings is 3. The molecule has 164 valence electrons. The first-order valence-corrected chi connectivity index (χ1v) is 10.1. The Kier molecular flexibility index (Phi) is 7.83. The number of anilines is 1. The van der Waals surface area contributed by atoms with Gasteiger partial charge in [-0.25, -0.2) is 5.43 Å². The van der Waals surface area contributed by atoms with Crippen molar-refractivity contribution in [3.8, 4) is 11.5 Å². The minimum atomic E-state index is -0.900. The highest BCUT2D eigenvalue weighted by atomic mass is 35.5. The predicted octanol–water partition coefficient (Wildman–Crippen LogP) is 4.32. The van der Waals surface area contributed by atoms with Gasteiger partial charge in [-0.3, -0.25) is 9.59 Å². The summed E-state index contributed by atoms with van der Waals surface area (Å²) in [6.07, 6.45) is 1.38. The van der Waals surface area contributed by atoms with Crippen molar-refractivity contribution in [2.24, 2.45) is 5.10 Å². The van der Waals surface area contributed by atoms with Crippen LogP contribution in [0.5, 0.6) is 11.5 Å². The van der Waals surface area contributed by atoms with Gasteiger partial charge in [-0.1, -0.05) is 53.6 Å². The van der Waals surface area contributed by atoms with Crippen molar-refractivity contribution >= 4 is 35.3 Å². The number of para-hydroxylation sites is 1. The van der Waals surface area contributed by atoms with Crippen molar-refractivity contribution in [3.05, 3.63) is 88.4 Å². The molecule has 0 unspecified atom stereocenters. The van der Waals surface area contributed by atoms with Crippen LogP contribution in [0.3, 0.4) is 0 Å². The Bertz CT molecular complexity index is 1130. The molecule has 3 aromatic carbocycles. The molecule has 0 aliphatic rings. The zero-order chi connectivity index (χ0) is 22.9. The Morgan fingerprint density at radius 3 is 2.47 bits per heavy atom. The number of hydrogen-bond donors (Lipinski definition) is 2. The monoisotopic (exact) mass is 451 g/mol. The number of hydrazone groups is 1. The third-order valence-corrected chi connectivity index (χ3v) is 4.81. The van der Waals surface area contributed by atoms with E-state index < -0.39 is 11.8 Å². The number of ether oxygens (including phenoxy) is 2. The number of methoxy groups -OCH3 is 1. The van der Waals surface area contributed by atoms with E-state index in [4.69, 9.17) is 21.1 Å². The second-order valence-corrected chi connectivity index (χ2v) is 7.19. The highest BCUT2D eigenvalue weighted by Gasteiger charge is 2.14. The fraction of sp³-hybridized carbons (Fsp3) is 0.125. The maximum atomic E-state index is 12.1. The Labute approximate surface area is 191 Å². The molecule has 0 heterocycles. The molecule has 3 rings (SSSR count). The zero-order valence-corrected chi connectivity index (χ0v) is 18.3. The van der Waals surface area contributed by atoms with Crippen LogP contribution < -0.4 is 20.2 Å². The maximum absolute atomic E-state index is 12.1. The molecule has 0 aliphatic carbocycles. The topological polar surface area (TPSA) is 89.0 Å². The van der Waals surface area contributed by atoms with Crippen LogP contribution in [-0.2, 0) is 16.2 Å². The Morgan fingerprint density at radius 1 is 1.00 bits per heavy atom. The summed E-state index contributed by atoms with van der Waals surface area (Å²) in [6, 6.07) is 19.7. The molecule has 0 bridgehead atoms. The van der Waals surface area contributed by atoms with Crippen molar-refractivity contribution in [3.63, 3.8) is 0 Å². The van der Waals surface area contributed by atoms with E-state index in [0.29, 0.717) is 27.8 Å². The van der Waals surface area contributed by atoms with Crippen molar-refractivity contribution in [2.45, 2.75) is 13.5 Å². The summed E-state index contributed by atoms with van der Waals surface area (Å²) in [4.78, 5) is 24.1. The van der Waals surface area contributed by atoms with Crippen LogP contribution in [0.2, 0.25) is 5.02 Å². The average Bonchev–Trinajstić information content (AvgIpc) is 2.80. The molecule has 32 heavy (non-hydrogen) atoms. The highest BCUT2D eigenvalue weighted by Crippen LogP contribution is 2.31. The van der Waals surface area contributed by atoms with Gasteiger partial charge in [0.25, 0.3) is 0 Å². The summed E-state index contributed by atoms with van der Waals surface area (Å²) in [5.74, 6) is -0.809. The molecule has 3 aromatic rings. The number of hydrogen-bond acceptors (Lipinski definition) is 5. The molecule has 0 spiro atoms. The van der Waals surface area contributed by atoms with Gasteiger partial charge in [-0.05, 0) is 37.3 Å². The lowest BCUT2D eigenvalue weighted by Crippen LogP contribution is -2.32. The van der Waals surface area contributed by atoms with Crippen molar-refractivity contribution < 1.29 is 19.1 Å².